The van der Waals surface area contributed by atoms with Crippen LogP contribution in [0, 0.1) is 23.7 Å². The molecule has 10 fully saturated rings. The van der Waals surface area contributed by atoms with Crippen molar-refractivity contribution in [2.75, 3.05) is 0 Å². The Kier molecular flexibility index (Phi) is 1.88. The van der Waals surface area contributed by atoms with Crippen LogP contribution in [0.1, 0.15) is 46.3 Å². The third-order valence-corrected chi connectivity index (χ3v) is 62.8. The van der Waals surface area contributed by atoms with Gasteiger partial charge in [-0.05, 0) is 12.1 Å². The molecule has 3 aromatic carbocycles. The van der Waals surface area contributed by atoms with Crippen LogP contribution < -0.4 is 0 Å². The van der Waals surface area contributed by atoms with Gasteiger partial charge in [-0.15, -0.1) is 0 Å². The number of carbonyl (C=O) groups excluding carboxylic acids is 3. The molecule has 10 heterocycles. The molecule has 0 saturated carbocycles. The first-order valence-corrected chi connectivity index (χ1v) is 22.1. The molecule has 8 atom stereocenters. The van der Waals surface area contributed by atoms with Crippen LogP contribution in [0.5, 0.6) is 0 Å². The number of ketones is 3. The van der Waals surface area contributed by atoms with Gasteiger partial charge < -0.3 is 0 Å². The van der Waals surface area contributed by atoms with E-state index in [1.165, 1.54) is 5.56 Å². The Labute approximate surface area is 241 Å². The normalized spacial score (nSPS) is 54.8. The summed E-state index contributed by atoms with van der Waals surface area (Å²) in [7, 11) is 0. The van der Waals surface area contributed by atoms with Gasteiger partial charge in [0.1, 0.15) is 0 Å². The third kappa shape index (κ3) is 0.638. The monoisotopic (exact) mass is 602 g/mol. The first-order valence-electron chi connectivity index (χ1n) is 15.9. The van der Waals surface area contributed by atoms with Gasteiger partial charge >= 0.3 is 200 Å². The number of hydrogen-bond donors (Lipinski definition) is 0. The Morgan fingerprint density at radius 1 is 0.628 bits per heavy atom. The van der Waals surface area contributed by atoms with Crippen molar-refractivity contribution >= 4 is 17.3 Å². The minimum absolute atomic E-state index is 0.0451. The van der Waals surface area contributed by atoms with E-state index in [0.29, 0.717) is 27.4 Å². The predicted molar refractivity (Wildman–Crippen MR) is 160 cm³/mol. The average molecular weight is 603 g/mol. The number of fused-ring (bicyclic) bond motifs is 10. The van der Waals surface area contributed by atoms with Crippen molar-refractivity contribution in [1.29, 1.82) is 0 Å². The molecular weight excluding hydrogens is 572 g/mol. The van der Waals surface area contributed by atoms with E-state index >= 15 is 0 Å². The quantitative estimate of drug-likeness (QED) is 0.114. The molecule has 0 amide bonds. The molecule has 4 heteroatoms. The molecule has 1 spiro atoms. The van der Waals surface area contributed by atoms with E-state index in [9.17, 15) is 14.4 Å². The second kappa shape index (κ2) is 3.68. The standard InChI is InChI=1S/C25H21O2.C14H9O.Fe/c26-24(22-11-5-6-12-22)13-7-4-10-21-14-17-23(18-15-21)25(27)19-16-20-8-2-1-3-9-20;15-14(13-8-4-5-9-13)11-10-12-6-2-1-3-7-12;/h1-3,5-6,8-9,11-12,14-15,17-18H,4,7,10,13H2;1-9H;. The van der Waals surface area contributed by atoms with Gasteiger partial charge in [0.15, 0.2) is 0 Å². The van der Waals surface area contributed by atoms with Gasteiger partial charge in [0.2, 0.25) is 0 Å². The molecule has 10 aliphatic heterocycles. The van der Waals surface area contributed by atoms with Crippen LogP contribution in [-0.2, 0) is 22.5 Å². The van der Waals surface area contributed by atoms with Crippen molar-refractivity contribution in [3.8, 4) is 23.7 Å². The number of Topliss-reactive ketones (excluding diaryl/α,β-unsaturated/α-hetero) is 3. The van der Waals surface area contributed by atoms with E-state index in [1.807, 2.05) is 84.9 Å². The van der Waals surface area contributed by atoms with E-state index in [1.54, 1.807) is 0 Å². The van der Waals surface area contributed by atoms with E-state index in [0.717, 1.165) is 59.3 Å². The Morgan fingerprint density at radius 3 is 1.72 bits per heavy atom. The summed E-state index contributed by atoms with van der Waals surface area (Å²) in [5.41, 5.74) is 3.56. The molecule has 212 valence electrons. The summed E-state index contributed by atoms with van der Waals surface area (Å²) in [6.07, 6.45) is 3.50. The Bertz CT molecular complexity index is 2460. The van der Waals surface area contributed by atoms with Crippen LogP contribution in [0.2, 0.25) is 47.2 Å². The van der Waals surface area contributed by atoms with Gasteiger partial charge in [0, 0.05) is 5.56 Å². The SMILES string of the molecule is O=C(C#Cc1ccccc1)c1ccc(CCCCC(=O)[C]23[CH]4[CH]5[CH]6[CH]2[Fe]56432789[CH]3[CH]2[CH]7[C]8(C(=O)C#Cc2ccccc2)[CH]39)cc1. The van der Waals surface area contributed by atoms with Crippen molar-refractivity contribution in [3.63, 3.8) is 0 Å². The summed E-state index contributed by atoms with van der Waals surface area (Å²) in [4.78, 5) is 47.2. The molecule has 3 aromatic rings. The Morgan fingerprint density at radius 2 is 1.16 bits per heavy atom. The van der Waals surface area contributed by atoms with Gasteiger partial charge in [-0.1, -0.05) is 24.1 Å². The number of carbonyl (C=O) groups is 3. The molecule has 0 radical (unpaired) electrons. The molecule has 8 unspecified atom stereocenters. The number of aryl methyl sites for hydroxylation is 1. The summed E-state index contributed by atoms with van der Waals surface area (Å²) < 4.78 is 0.0117. The first kappa shape index (κ1) is 21.9. The summed E-state index contributed by atoms with van der Waals surface area (Å²) in [6.45, 7) is -4.19. The van der Waals surface area contributed by atoms with Crippen LogP contribution in [0.15, 0.2) is 84.9 Å². The number of rotatable bonds is 8. The molecule has 0 N–H and O–H groups in total. The van der Waals surface area contributed by atoms with Crippen molar-refractivity contribution in [1.82, 2.24) is 0 Å². The first-order chi connectivity index (χ1) is 20.8. The maximum absolute atomic E-state index is 14.3. The molecule has 0 bridgehead atoms. The average Bonchev–Trinajstić information content (AvgIpc) is 4.00. The van der Waals surface area contributed by atoms with Crippen LogP contribution in [0.25, 0.3) is 0 Å². The van der Waals surface area contributed by atoms with Gasteiger partial charge in [0.25, 0.3) is 0 Å². The van der Waals surface area contributed by atoms with Crippen LogP contribution >= 0.6 is 0 Å². The van der Waals surface area contributed by atoms with E-state index < -0.39 is 6.51 Å². The predicted octanol–water partition coefficient (Wildman–Crippen LogP) is 7.95. The van der Waals surface area contributed by atoms with E-state index in [-0.39, 0.29) is 20.2 Å². The summed E-state index contributed by atoms with van der Waals surface area (Å²) in [5, 5.41) is 0. The number of unbranched alkanes of at least 4 members (excludes halogenated alkanes) is 1. The van der Waals surface area contributed by atoms with Gasteiger partial charge in [-0.3, -0.25) is 0 Å². The molecule has 3 nitrogen and oxygen atoms in total. The zero-order valence-corrected chi connectivity index (χ0v) is 24.7. The zero-order valence-electron chi connectivity index (χ0n) is 23.6. The fraction of sp³-hybridized carbons (Fsp3) is 0.359. The van der Waals surface area contributed by atoms with Crippen molar-refractivity contribution in [3.05, 3.63) is 107 Å². The van der Waals surface area contributed by atoms with Crippen molar-refractivity contribution in [2.24, 2.45) is 0 Å². The summed E-state index contributed by atoms with van der Waals surface area (Å²) in [6, 6.07) is 27.2. The molecule has 10 aliphatic rings. The van der Waals surface area contributed by atoms with Gasteiger partial charge in [0.05, 0.1) is 0 Å². The topological polar surface area (TPSA) is 51.2 Å². The second-order valence-electron chi connectivity index (χ2n) is 17.0. The van der Waals surface area contributed by atoms with Gasteiger partial charge in [-0.2, -0.15) is 0 Å². The Balaban J connectivity index is 0.721. The summed E-state index contributed by atoms with van der Waals surface area (Å²) >= 11 is 0. The van der Waals surface area contributed by atoms with Crippen LogP contribution in [-0.4, -0.2) is 17.3 Å². The van der Waals surface area contributed by atoms with Crippen molar-refractivity contribution in [2.45, 2.75) is 72.8 Å². The minimum atomic E-state index is -4.19. The maximum atomic E-state index is 14.3. The third-order valence-electron chi connectivity index (χ3n) is 20.1. The molecule has 43 heavy (non-hydrogen) atoms. The summed E-state index contributed by atoms with van der Waals surface area (Å²) in [5.74, 6) is 12.8. The molecule has 10 saturated heterocycles. The molecule has 0 aliphatic carbocycles. The van der Waals surface area contributed by atoms with Crippen LogP contribution in [0.4, 0.5) is 0 Å². The van der Waals surface area contributed by atoms with E-state index in [2.05, 4.69) is 23.7 Å². The zero-order chi connectivity index (χ0) is 28.5. The van der Waals surface area contributed by atoms with Gasteiger partial charge in [-0.25, -0.2) is 0 Å². The second-order valence-corrected chi connectivity index (χ2v) is 40.2. The number of benzene rings is 3. The molecular formula is C39H30FeO3. The van der Waals surface area contributed by atoms with E-state index in [4.69, 9.17) is 0 Å². The molecule has 13 rings (SSSR count). The Hall–Kier alpha value is -3.69. The van der Waals surface area contributed by atoms with Crippen LogP contribution in [0.3, 0.4) is 0 Å². The fourth-order valence-electron chi connectivity index (χ4n) is 21.0. The molecule has 0 aromatic heterocycles. The van der Waals surface area contributed by atoms with Crippen molar-refractivity contribution < 1.29 is 20.9 Å². The fourth-order valence-corrected chi connectivity index (χ4v) is 96.7. The number of hydrogen-bond acceptors (Lipinski definition) is 3.